The van der Waals surface area contributed by atoms with Gasteiger partial charge in [0.05, 0.1) is 5.69 Å². The molecule has 17 heavy (non-hydrogen) atoms. The van der Waals surface area contributed by atoms with Crippen LogP contribution in [-0.4, -0.2) is 48.9 Å². The highest BCUT2D eigenvalue weighted by atomic mass is 32.1. The van der Waals surface area contributed by atoms with Crippen LogP contribution in [0.1, 0.15) is 22.5 Å². The number of nitrogen functional groups attached to an aromatic ring is 1. The number of nitrogens with zero attached hydrogens (tertiary/aromatic N) is 2. The zero-order valence-corrected chi connectivity index (χ0v) is 11.2. The molecule has 1 fully saturated rings. The summed E-state index contributed by atoms with van der Waals surface area (Å²) in [7, 11) is 4.14. The lowest BCUT2D eigenvalue weighted by Gasteiger charge is -2.36. The Morgan fingerprint density at radius 3 is 2.94 bits per heavy atom. The van der Waals surface area contributed by atoms with Crippen LogP contribution >= 0.6 is 11.3 Å². The first-order valence-electron chi connectivity index (χ1n) is 5.88. The van der Waals surface area contributed by atoms with Crippen LogP contribution in [-0.2, 0) is 0 Å². The van der Waals surface area contributed by atoms with Gasteiger partial charge >= 0.3 is 0 Å². The Balaban J connectivity index is 2.07. The van der Waals surface area contributed by atoms with Crippen LogP contribution in [0.15, 0.2) is 11.4 Å². The molecule has 4 nitrogen and oxygen atoms in total. The van der Waals surface area contributed by atoms with E-state index in [0.717, 1.165) is 25.9 Å². The fourth-order valence-electron chi connectivity index (χ4n) is 2.20. The van der Waals surface area contributed by atoms with E-state index in [9.17, 15) is 4.79 Å². The lowest BCUT2D eigenvalue weighted by Crippen LogP contribution is -2.47. The summed E-state index contributed by atoms with van der Waals surface area (Å²) in [6.45, 7) is 1.66. The van der Waals surface area contributed by atoms with E-state index in [4.69, 9.17) is 5.73 Å². The maximum Gasteiger partial charge on any atom is 0.266 e. The third kappa shape index (κ3) is 2.61. The lowest BCUT2D eigenvalue weighted by atomic mass is 10.0. The molecule has 1 atom stereocenters. The maximum absolute atomic E-state index is 12.3. The molecule has 0 spiro atoms. The standard InChI is InChI=1S/C12H19N3OS/c1-14(2)9-4-3-6-15(8-9)12(16)11-10(13)5-7-17-11/h5,7,9H,3-4,6,8,13H2,1-2H3. The minimum Gasteiger partial charge on any atom is -0.397 e. The molecule has 1 aromatic heterocycles. The molecule has 2 heterocycles. The second-order valence-electron chi connectivity index (χ2n) is 4.72. The van der Waals surface area contributed by atoms with E-state index in [0.29, 0.717) is 16.6 Å². The molecule has 0 bridgehead atoms. The number of carbonyl (C=O) groups excluding carboxylic acids is 1. The molecule has 1 unspecified atom stereocenters. The first-order chi connectivity index (χ1) is 8.09. The number of piperidine rings is 1. The number of nitrogens with two attached hydrogens (primary N) is 1. The van der Waals surface area contributed by atoms with Crippen molar-refractivity contribution in [2.24, 2.45) is 0 Å². The van der Waals surface area contributed by atoms with Gasteiger partial charge in [0.15, 0.2) is 0 Å². The van der Waals surface area contributed by atoms with Crippen LogP contribution in [0.2, 0.25) is 0 Å². The van der Waals surface area contributed by atoms with Gasteiger partial charge in [0, 0.05) is 19.1 Å². The predicted octanol–water partition coefficient (Wildman–Crippen LogP) is 1.50. The topological polar surface area (TPSA) is 49.6 Å². The van der Waals surface area contributed by atoms with E-state index >= 15 is 0 Å². The van der Waals surface area contributed by atoms with Crippen molar-refractivity contribution in [2.45, 2.75) is 18.9 Å². The highest BCUT2D eigenvalue weighted by Gasteiger charge is 2.26. The zero-order chi connectivity index (χ0) is 12.4. The van der Waals surface area contributed by atoms with Crippen molar-refractivity contribution in [2.75, 3.05) is 32.9 Å². The monoisotopic (exact) mass is 253 g/mol. The fraction of sp³-hybridized carbons (Fsp3) is 0.583. The molecule has 94 valence electrons. The largest absolute Gasteiger partial charge is 0.397 e. The molecule has 1 amide bonds. The molecule has 1 saturated heterocycles. The first kappa shape index (κ1) is 12.4. The quantitative estimate of drug-likeness (QED) is 0.869. The zero-order valence-electron chi connectivity index (χ0n) is 10.3. The van der Waals surface area contributed by atoms with Crippen molar-refractivity contribution >= 4 is 22.9 Å². The molecule has 1 aliphatic heterocycles. The Kier molecular flexibility index (Phi) is 3.69. The number of hydrogen-bond donors (Lipinski definition) is 1. The second-order valence-corrected chi connectivity index (χ2v) is 5.63. The van der Waals surface area contributed by atoms with Gasteiger partial charge < -0.3 is 15.5 Å². The minimum absolute atomic E-state index is 0.0871. The second kappa shape index (κ2) is 5.06. The Hall–Kier alpha value is -1.07. The SMILES string of the molecule is CN(C)C1CCCN(C(=O)c2sccc2N)C1. The summed E-state index contributed by atoms with van der Waals surface area (Å²) in [5, 5.41) is 1.87. The summed E-state index contributed by atoms with van der Waals surface area (Å²) in [5.74, 6) is 0.0871. The highest BCUT2D eigenvalue weighted by Crippen LogP contribution is 2.23. The van der Waals surface area contributed by atoms with Gasteiger partial charge in [-0.3, -0.25) is 4.79 Å². The number of likely N-dealkylation sites (N-methyl/N-ethyl adjacent to an activating group) is 1. The van der Waals surface area contributed by atoms with Gasteiger partial charge in [0.1, 0.15) is 4.88 Å². The van der Waals surface area contributed by atoms with Gasteiger partial charge in [0.25, 0.3) is 5.91 Å². The summed E-state index contributed by atoms with van der Waals surface area (Å²) in [5.41, 5.74) is 6.40. The summed E-state index contributed by atoms with van der Waals surface area (Å²) < 4.78 is 0. The summed E-state index contributed by atoms with van der Waals surface area (Å²) in [6, 6.07) is 2.26. The Morgan fingerprint density at radius 1 is 1.59 bits per heavy atom. The normalized spacial score (nSPS) is 20.9. The van der Waals surface area contributed by atoms with E-state index in [1.807, 2.05) is 10.3 Å². The van der Waals surface area contributed by atoms with E-state index in [2.05, 4.69) is 19.0 Å². The van der Waals surface area contributed by atoms with Crippen molar-refractivity contribution in [3.05, 3.63) is 16.3 Å². The number of hydrogen-bond acceptors (Lipinski definition) is 4. The summed E-state index contributed by atoms with van der Waals surface area (Å²) in [4.78, 5) is 17.1. The smallest absolute Gasteiger partial charge is 0.266 e. The van der Waals surface area contributed by atoms with Crippen LogP contribution in [0.5, 0.6) is 0 Å². The van der Waals surface area contributed by atoms with E-state index < -0.39 is 0 Å². The molecule has 0 aromatic carbocycles. The molecular formula is C12H19N3OS. The van der Waals surface area contributed by atoms with Crippen molar-refractivity contribution in [3.63, 3.8) is 0 Å². The number of rotatable bonds is 2. The fourth-order valence-corrected chi connectivity index (χ4v) is 2.98. The van der Waals surface area contributed by atoms with E-state index in [-0.39, 0.29) is 5.91 Å². The van der Waals surface area contributed by atoms with Gasteiger partial charge in [0.2, 0.25) is 0 Å². The van der Waals surface area contributed by atoms with Crippen LogP contribution in [0.25, 0.3) is 0 Å². The minimum atomic E-state index is 0.0871. The molecule has 2 N–H and O–H groups in total. The Bertz CT molecular complexity index is 402. The average Bonchev–Trinajstić information content (AvgIpc) is 2.74. The third-order valence-electron chi connectivity index (χ3n) is 3.30. The number of likely N-dealkylation sites (tertiary alicyclic amines) is 1. The number of thiophene rings is 1. The highest BCUT2D eigenvalue weighted by molar-refractivity contribution is 7.12. The number of carbonyl (C=O) groups is 1. The Labute approximate surface area is 106 Å². The van der Waals surface area contributed by atoms with E-state index in [1.54, 1.807) is 6.07 Å². The molecule has 2 rings (SSSR count). The van der Waals surface area contributed by atoms with Gasteiger partial charge in [-0.15, -0.1) is 11.3 Å². The summed E-state index contributed by atoms with van der Waals surface area (Å²) in [6.07, 6.45) is 2.23. The van der Waals surface area contributed by atoms with Crippen molar-refractivity contribution in [3.8, 4) is 0 Å². The Morgan fingerprint density at radius 2 is 2.35 bits per heavy atom. The summed E-state index contributed by atoms with van der Waals surface area (Å²) >= 11 is 1.43. The van der Waals surface area contributed by atoms with E-state index in [1.165, 1.54) is 11.3 Å². The van der Waals surface area contributed by atoms with Gasteiger partial charge in [-0.2, -0.15) is 0 Å². The number of amides is 1. The van der Waals surface area contributed by atoms with Crippen LogP contribution in [0, 0.1) is 0 Å². The van der Waals surface area contributed by atoms with Crippen molar-refractivity contribution in [1.82, 2.24) is 9.80 Å². The van der Waals surface area contributed by atoms with Crippen LogP contribution in [0.3, 0.4) is 0 Å². The lowest BCUT2D eigenvalue weighted by molar-refractivity contribution is 0.0641. The molecule has 5 heteroatoms. The van der Waals surface area contributed by atoms with Crippen molar-refractivity contribution in [1.29, 1.82) is 0 Å². The molecule has 0 saturated carbocycles. The molecule has 1 aliphatic rings. The van der Waals surface area contributed by atoms with Crippen LogP contribution in [0.4, 0.5) is 5.69 Å². The van der Waals surface area contributed by atoms with Crippen LogP contribution < -0.4 is 5.73 Å². The first-order valence-corrected chi connectivity index (χ1v) is 6.76. The van der Waals surface area contributed by atoms with Crippen molar-refractivity contribution < 1.29 is 4.79 Å². The third-order valence-corrected chi connectivity index (χ3v) is 4.22. The molecular weight excluding hydrogens is 234 g/mol. The molecule has 1 aromatic rings. The molecule has 0 radical (unpaired) electrons. The average molecular weight is 253 g/mol. The van der Waals surface area contributed by atoms with Gasteiger partial charge in [-0.05, 0) is 38.4 Å². The van der Waals surface area contributed by atoms with Gasteiger partial charge in [-0.1, -0.05) is 0 Å². The maximum atomic E-state index is 12.3. The molecule has 0 aliphatic carbocycles. The number of anilines is 1. The van der Waals surface area contributed by atoms with Gasteiger partial charge in [-0.25, -0.2) is 0 Å². The predicted molar refractivity (Wildman–Crippen MR) is 71.3 cm³/mol.